The molecule has 6 heteroatoms. The Bertz CT molecular complexity index is 500. The minimum absolute atomic E-state index is 0.1000. The maximum absolute atomic E-state index is 11.9. The van der Waals surface area contributed by atoms with E-state index in [1.807, 2.05) is 0 Å². The predicted molar refractivity (Wildman–Crippen MR) is 65.0 cm³/mol. The molecule has 0 bridgehead atoms. The predicted octanol–water partition coefficient (Wildman–Crippen LogP) is 2.50. The standard InChI is InChI=1S/C11H10BrNO4/c1-17-10-4-6-2-3-8(12)11(14)7(6)5-9(10)13(15)16/h4-5,8H,2-3H2,1H3. The van der Waals surface area contributed by atoms with Gasteiger partial charge in [0.2, 0.25) is 0 Å². The number of hydrogen-bond acceptors (Lipinski definition) is 4. The second-order valence-corrected chi connectivity index (χ2v) is 4.91. The Morgan fingerprint density at radius 2 is 2.24 bits per heavy atom. The van der Waals surface area contributed by atoms with Gasteiger partial charge in [-0.1, -0.05) is 15.9 Å². The molecular weight excluding hydrogens is 290 g/mol. The third-order valence-electron chi connectivity index (χ3n) is 2.82. The Hall–Kier alpha value is -1.43. The molecule has 90 valence electrons. The molecule has 0 saturated carbocycles. The van der Waals surface area contributed by atoms with Crippen molar-refractivity contribution in [2.24, 2.45) is 0 Å². The molecule has 2 rings (SSSR count). The zero-order chi connectivity index (χ0) is 12.6. The van der Waals surface area contributed by atoms with Crippen molar-refractivity contribution in [3.63, 3.8) is 0 Å². The van der Waals surface area contributed by atoms with Gasteiger partial charge in [0.25, 0.3) is 0 Å². The number of rotatable bonds is 2. The summed E-state index contributed by atoms with van der Waals surface area (Å²) in [5, 5.41) is 10.9. The van der Waals surface area contributed by atoms with Gasteiger partial charge in [-0.3, -0.25) is 14.9 Å². The molecule has 1 aliphatic carbocycles. The molecule has 0 radical (unpaired) electrons. The van der Waals surface area contributed by atoms with E-state index >= 15 is 0 Å². The average Bonchev–Trinajstić information content (AvgIpc) is 2.32. The Kier molecular flexibility index (Phi) is 3.15. The van der Waals surface area contributed by atoms with Gasteiger partial charge in [-0.25, -0.2) is 0 Å². The first-order chi connectivity index (χ1) is 8.04. The molecule has 17 heavy (non-hydrogen) atoms. The first-order valence-corrected chi connectivity index (χ1v) is 5.99. The molecule has 0 heterocycles. The third kappa shape index (κ3) is 2.04. The second kappa shape index (κ2) is 4.44. The number of hydrogen-bond donors (Lipinski definition) is 0. The number of aryl methyl sites for hydroxylation is 1. The lowest BCUT2D eigenvalue weighted by atomic mass is 9.90. The molecular formula is C11H10BrNO4. The Labute approximate surface area is 106 Å². The fourth-order valence-electron chi connectivity index (χ4n) is 1.93. The molecule has 0 aromatic heterocycles. The van der Waals surface area contributed by atoms with Gasteiger partial charge in [0.1, 0.15) is 0 Å². The number of ketones is 1. The van der Waals surface area contributed by atoms with Gasteiger partial charge in [-0.05, 0) is 24.5 Å². The van der Waals surface area contributed by atoms with Crippen molar-refractivity contribution in [1.82, 2.24) is 0 Å². The van der Waals surface area contributed by atoms with Gasteiger partial charge in [-0.2, -0.15) is 0 Å². The van der Waals surface area contributed by atoms with Crippen LogP contribution >= 0.6 is 15.9 Å². The monoisotopic (exact) mass is 299 g/mol. The van der Waals surface area contributed by atoms with Crippen molar-refractivity contribution < 1.29 is 14.5 Å². The normalized spacial score (nSPS) is 18.7. The summed E-state index contributed by atoms with van der Waals surface area (Å²) in [4.78, 5) is 22.0. The fraction of sp³-hybridized carbons (Fsp3) is 0.364. The summed E-state index contributed by atoms with van der Waals surface area (Å²) in [5.74, 6) is 0.103. The van der Waals surface area contributed by atoms with E-state index in [4.69, 9.17) is 4.74 Å². The minimum atomic E-state index is -0.537. The number of carbonyl (C=O) groups is 1. The molecule has 0 N–H and O–H groups in total. The zero-order valence-electron chi connectivity index (χ0n) is 9.10. The van der Waals surface area contributed by atoms with Crippen molar-refractivity contribution >= 4 is 27.4 Å². The van der Waals surface area contributed by atoms with E-state index in [2.05, 4.69) is 15.9 Å². The van der Waals surface area contributed by atoms with Crippen molar-refractivity contribution in [1.29, 1.82) is 0 Å². The second-order valence-electron chi connectivity index (χ2n) is 3.81. The van der Waals surface area contributed by atoms with Crippen molar-refractivity contribution in [3.05, 3.63) is 33.4 Å². The van der Waals surface area contributed by atoms with Crippen molar-refractivity contribution in [2.75, 3.05) is 7.11 Å². The summed E-state index contributed by atoms with van der Waals surface area (Å²) in [6, 6.07) is 2.90. The number of ether oxygens (including phenoxy) is 1. The molecule has 1 atom stereocenters. The molecule has 0 saturated heterocycles. The van der Waals surface area contributed by atoms with Crippen LogP contribution in [0.25, 0.3) is 0 Å². The maximum atomic E-state index is 11.9. The molecule has 5 nitrogen and oxygen atoms in total. The summed E-state index contributed by atoms with van der Waals surface area (Å²) < 4.78 is 4.97. The van der Waals surface area contributed by atoms with Crippen LogP contribution in [0.5, 0.6) is 5.75 Å². The van der Waals surface area contributed by atoms with Crippen LogP contribution in [0.3, 0.4) is 0 Å². The van der Waals surface area contributed by atoms with E-state index < -0.39 is 4.92 Å². The third-order valence-corrected chi connectivity index (χ3v) is 3.69. The number of methoxy groups -OCH3 is 1. The van der Waals surface area contributed by atoms with Crippen LogP contribution in [0.2, 0.25) is 0 Å². The zero-order valence-corrected chi connectivity index (χ0v) is 10.7. The Morgan fingerprint density at radius 3 is 2.82 bits per heavy atom. The topological polar surface area (TPSA) is 69.4 Å². The summed E-state index contributed by atoms with van der Waals surface area (Å²) in [6.45, 7) is 0. The summed E-state index contributed by atoms with van der Waals surface area (Å²) >= 11 is 3.27. The molecule has 1 aromatic rings. The van der Waals surface area contributed by atoms with Crippen LogP contribution in [0, 0.1) is 10.1 Å². The number of nitrogens with zero attached hydrogens (tertiary/aromatic N) is 1. The van der Waals surface area contributed by atoms with Crippen LogP contribution < -0.4 is 4.74 Å². The minimum Gasteiger partial charge on any atom is -0.490 e. The summed E-state index contributed by atoms with van der Waals surface area (Å²) in [6.07, 6.45) is 1.41. The van der Waals surface area contributed by atoms with E-state index in [1.54, 1.807) is 6.07 Å². The number of alkyl halides is 1. The van der Waals surface area contributed by atoms with Gasteiger partial charge in [-0.15, -0.1) is 0 Å². The van der Waals surface area contributed by atoms with Gasteiger partial charge >= 0.3 is 5.69 Å². The van der Waals surface area contributed by atoms with E-state index in [-0.39, 0.29) is 22.0 Å². The number of fused-ring (bicyclic) bond motifs is 1. The highest BCUT2D eigenvalue weighted by atomic mass is 79.9. The van der Waals surface area contributed by atoms with Gasteiger partial charge in [0, 0.05) is 11.6 Å². The largest absolute Gasteiger partial charge is 0.490 e. The van der Waals surface area contributed by atoms with Crippen LogP contribution in [0.1, 0.15) is 22.3 Å². The number of carbonyl (C=O) groups excluding carboxylic acids is 1. The average molecular weight is 300 g/mol. The first kappa shape index (κ1) is 12.0. The summed E-state index contributed by atoms with van der Waals surface area (Å²) in [5.41, 5.74) is 1.07. The molecule has 0 fully saturated rings. The highest BCUT2D eigenvalue weighted by molar-refractivity contribution is 9.10. The Morgan fingerprint density at radius 1 is 1.53 bits per heavy atom. The van der Waals surface area contributed by atoms with Crippen LogP contribution in [-0.2, 0) is 6.42 Å². The highest BCUT2D eigenvalue weighted by Gasteiger charge is 2.29. The molecule has 1 aromatic carbocycles. The SMILES string of the molecule is COc1cc2c(cc1[N+](=O)[O-])C(=O)C(Br)CC2. The lowest BCUT2D eigenvalue weighted by Gasteiger charge is -2.19. The van der Waals surface area contributed by atoms with Crippen molar-refractivity contribution in [2.45, 2.75) is 17.7 Å². The fourth-order valence-corrected chi connectivity index (χ4v) is 2.41. The molecule has 0 spiro atoms. The lowest BCUT2D eigenvalue weighted by Crippen LogP contribution is -2.22. The number of nitro groups is 1. The lowest BCUT2D eigenvalue weighted by molar-refractivity contribution is -0.385. The van der Waals surface area contributed by atoms with Crippen LogP contribution in [-0.4, -0.2) is 22.6 Å². The molecule has 0 amide bonds. The van der Waals surface area contributed by atoms with Gasteiger partial charge in [0.15, 0.2) is 11.5 Å². The smallest absolute Gasteiger partial charge is 0.311 e. The molecule has 1 unspecified atom stereocenters. The quantitative estimate of drug-likeness (QED) is 0.478. The van der Waals surface area contributed by atoms with Crippen LogP contribution in [0.4, 0.5) is 5.69 Å². The van der Waals surface area contributed by atoms with Crippen LogP contribution in [0.15, 0.2) is 12.1 Å². The first-order valence-electron chi connectivity index (χ1n) is 5.08. The van der Waals surface area contributed by atoms with E-state index in [0.29, 0.717) is 18.4 Å². The van der Waals surface area contributed by atoms with Gasteiger partial charge in [0.05, 0.1) is 16.9 Å². The number of halogens is 1. The van der Waals surface area contributed by atoms with E-state index in [9.17, 15) is 14.9 Å². The number of benzene rings is 1. The summed E-state index contributed by atoms with van der Waals surface area (Å²) in [7, 11) is 1.38. The van der Waals surface area contributed by atoms with E-state index in [0.717, 1.165) is 5.56 Å². The molecule has 1 aliphatic rings. The van der Waals surface area contributed by atoms with E-state index in [1.165, 1.54) is 13.2 Å². The molecule has 0 aliphatic heterocycles. The highest BCUT2D eigenvalue weighted by Crippen LogP contribution is 2.35. The number of nitro benzene ring substituents is 1. The Balaban J connectivity index is 2.59. The number of Topliss-reactive ketones (excluding diaryl/α,β-unsaturated/α-hetero) is 1. The maximum Gasteiger partial charge on any atom is 0.311 e. The van der Waals surface area contributed by atoms with Gasteiger partial charge < -0.3 is 4.74 Å². The van der Waals surface area contributed by atoms with Crippen molar-refractivity contribution in [3.8, 4) is 5.75 Å².